The van der Waals surface area contributed by atoms with Crippen LogP contribution in [0.4, 0.5) is 0 Å². The molecule has 0 saturated heterocycles. The molecule has 1 unspecified atom stereocenters. The van der Waals surface area contributed by atoms with Crippen LogP contribution in [-0.4, -0.2) is 30.0 Å². The largest absolute Gasteiger partial charge is 0.386 e. The number of benzene rings is 1. The molecule has 2 rings (SSSR count). The van der Waals surface area contributed by atoms with Crippen LogP contribution < -0.4 is 10.6 Å². The minimum atomic E-state index is -0.709. The molecule has 1 aromatic carbocycles. The highest BCUT2D eigenvalue weighted by Gasteiger charge is 2.13. The van der Waals surface area contributed by atoms with Crippen LogP contribution in [0.25, 0.3) is 10.1 Å². The first-order valence-corrected chi connectivity index (χ1v) is 8.61. The molecule has 0 spiro atoms. The highest BCUT2D eigenvalue weighted by atomic mass is 32.1. The molecule has 0 saturated carbocycles. The second-order valence-corrected chi connectivity index (χ2v) is 6.43. The fourth-order valence-electron chi connectivity index (χ4n) is 2.26. The van der Waals surface area contributed by atoms with Crippen molar-refractivity contribution in [2.75, 3.05) is 13.1 Å². The Bertz CT molecular complexity index is 636. The fraction of sp³-hybridized carbons (Fsp3) is 0.412. The molecule has 3 N–H and O–H groups in total. The first kappa shape index (κ1) is 17.4. The third kappa shape index (κ3) is 5.33. The lowest BCUT2D eigenvalue weighted by molar-refractivity contribution is -0.122. The highest BCUT2D eigenvalue weighted by Crippen LogP contribution is 2.29. The number of hydrogen-bond donors (Lipinski definition) is 3. The molecular formula is C17H22N2O3S. The molecule has 124 valence electrons. The van der Waals surface area contributed by atoms with Gasteiger partial charge in [-0.1, -0.05) is 18.2 Å². The first-order chi connectivity index (χ1) is 11.1. The van der Waals surface area contributed by atoms with Gasteiger partial charge >= 0.3 is 0 Å². The van der Waals surface area contributed by atoms with Gasteiger partial charge in [-0.15, -0.1) is 11.3 Å². The summed E-state index contributed by atoms with van der Waals surface area (Å²) in [4.78, 5) is 23.9. The van der Waals surface area contributed by atoms with E-state index in [9.17, 15) is 14.7 Å². The molecule has 23 heavy (non-hydrogen) atoms. The van der Waals surface area contributed by atoms with Crippen LogP contribution in [0.15, 0.2) is 30.3 Å². The van der Waals surface area contributed by atoms with Crippen molar-refractivity contribution >= 4 is 33.2 Å². The van der Waals surface area contributed by atoms with E-state index in [-0.39, 0.29) is 24.8 Å². The van der Waals surface area contributed by atoms with E-state index in [2.05, 4.69) is 10.6 Å². The average Bonchev–Trinajstić information content (AvgIpc) is 2.97. The number of carbonyl (C=O) groups is 2. The lowest BCUT2D eigenvalue weighted by atomic mass is 10.2. The number of aliphatic hydroxyl groups is 1. The van der Waals surface area contributed by atoms with Crippen LogP contribution in [0, 0.1) is 0 Å². The van der Waals surface area contributed by atoms with Gasteiger partial charge in [0.2, 0.25) is 11.8 Å². The summed E-state index contributed by atoms with van der Waals surface area (Å²) >= 11 is 1.53. The zero-order chi connectivity index (χ0) is 16.7. The Kier molecular flexibility index (Phi) is 6.55. The fourth-order valence-corrected chi connectivity index (χ4v) is 3.31. The van der Waals surface area contributed by atoms with E-state index in [0.717, 1.165) is 15.0 Å². The Labute approximate surface area is 139 Å². The molecule has 1 atom stereocenters. The predicted molar refractivity (Wildman–Crippen MR) is 92.3 cm³/mol. The number of carbonyl (C=O) groups excluding carboxylic acids is 2. The van der Waals surface area contributed by atoms with Gasteiger partial charge in [0.25, 0.3) is 0 Å². The van der Waals surface area contributed by atoms with E-state index in [1.807, 2.05) is 37.3 Å². The van der Waals surface area contributed by atoms with Crippen molar-refractivity contribution in [3.8, 4) is 0 Å². The van der Waals surface area contributed by atoms with E-state index >= 15 is 0 Å². The quantitative estimate of drug-likeness (QED) is 0.693. The molecule has 0 aliphatic heterocycles. The number of fused-ring (bicyclic) bond motifs is 1. The zero-order valence-electron chi connectivity index (χ0n) is 13.2. The zero-order valence-corrected chi connectivity index (χ0v) is 14.0. The lowest BCUT2D eigenvalue weighted by Gasteiger charge is -2.10. The Morgan fingerprint density at radius 1 is 1.17 bits per heavy atom. The molecule has 0 bridgehead atoms. The Hall–Kier alpha value is -1.92. The maximum atomic E-state index is 11.7. The number of thiophene rings is 1. The van der Waals surface area contributed by atoms with E-state index in [0.29, 0.717) is 19.4 Å². The minimum absolute atomic E-state index is 0.0365. The molecule has 0 aliphatic carbocycles. The molecule has 6 heteroatoms. The summed E-state index contributed by atoms with van der Waals surface area (Å²) in [6, 6.07) is 9.89. The SMILES string of the molecule is CCNC(=O)CCCC(=O)NCC(O)c1cc2ccccc2s1. The molecule has 1 heterocycles. The highest BCUT2D eigenvalue weighted by molar-refractivity contribution is 7.19. The van der Waals surface area contributed by atoms with Crippen molar-refractivity contribution in [1.29, 1.82) is 0 Å². The van der Waals surface area contributed by atoms with Crippen LogP contribution in [-0.2, 0) is 9.59 Å². The van der Waals surface area contributed by atoms with Crippen LogP contribution in [0.3, 0.4) is 0 Å². The summed E-state index contributed by atoms with van der Waals surface area (Å²) in [5, 5.41) is 16.7. The molecule has 0 aliphatic rings. The number of amides is 2. The predicted octanol–water partition coefficient (Wildman–Crippen LogP) is 2.36. The summed E-state index contributed by atoms with van der Waals surface area (Å²) < 4.78 is 1.12. The second kappa shape index (κ2) is 8.64. The van der Waals surface area contributed by atoms with Gasteiger partial charge in [-0.2, -0.15) is 0 Å². The number of rotatable bonds is 8. The van der Waals surface area contributed by atoms with Crippen molar-refractivity contribution in [2.45, 2.75) is 32.3 Å². The maximum Gasteiger partial charge on any atom is 0.220 e. The molecule has 2 amide bonds. The summed E-state index contributed by atoms with van der Waals surface area (Å²) in [6.07, 6.45) is 0.437. The number of hydrogen-bond acceptors (Lipinski definition) is 4. The summed E-state index contributed by atoms with van der Waals surface area (Å²) in [6.45, 7) is 2.65. The summed E-state index contributed by atoms with van der Waals surface area (Å²) in [7, 11) is 0. The molecule has 5 nitrogen and oxygen atoms in total. The van der Waals surface area contributed by atoms with Crippen molar-refractivity contribution in [3.63, 3.8) is 0 Å². The van der Waals surface area contributed by atoms with Gasteiger partial charge in [-0.3, -0.25) is 9.59 Å². The van der Waals surface area contributed by atoms with Gasteiger partial charge in [0.05, 0.1) is 0 Å². The molecule has 0 radical (unpaired) electrons. The van der Waals surface area contributed by atoms with Crippen molar-refractivity contribution in [3.05, 3.63) is 35.2 Å². The normalized spacial score (nSPS) is 12.1. The monoisotopic (exact) mass is 334 g/mol. The van der Waals surface area contributed by atoms with E-state index in [1.165, 1.54) is 11.3 Å². The molecule has 2 aromatic rings. The van der Waals surface area contributed by atoms with Gasteiger partial charge in [0, 0.05) is 35.5 Å². The average molecular weight is 334 g/mol. The summed E-state index contributed by atoms with van der Waals surface area (Å²) in [5.74, 6) is -0.180. The molecular weight excluding hydrogens is 312 g/mol. The van der Waals surface area contributed by atoms with E-state index in [1.54, 1.807) is 0 Å². The van der Waals surface area contributed by atoms with Crippen molar-refractivity contribution in [2.24, 2.45) is 0 Å². The van der Waals surface area contributed by atoms with Gasteiger partial charge in [0.1, 0.15) is 6.10 Å². The van der Waals surface area contributed by atoms with Crippen molar-refractivity contribution < 1.29 is 14.7 Å². The standard InChI is InChI=1S/C17H22N2O3S/c1-2-18-16(21)8-5-9-17(22)19-11-13(20)15-10-12-6-3-4-7-14(12)23-15/h3-4,6-7,10,13,20H,2,5,8-9,11H2,1H3,(H,18,21)(H,19,22). The van der Waals surface area contributed by atoms with Crippen LogP contribution in [0.5, 0.6) is 0 Å². The third-order valence-corrected chi connectivity index (χ3v) is 4.66. The first-order valence-electron chi connectivity index (χ1n) is 7.80. The topological polar surface area (TPSA) is 78.4 Å². The minimum Gasteiger partial charge on any atom is -0.386 e. The molecule has 0 fully saturated rings. The van der Waals surface area contributed by atoms with Crippen LogP contribution in [0.2, 0.25) is 0 Å². The Morgan fingerprint density at radius 3 is 2.57 bits per heavy atom. The van der Waals surface area contributed by atoms with Gasteiger partial charge in [-0.05, 0) is 30.9 Å². The van der Waals surface area contributed by atoms with Gasteiger partial charge in [0.15, 0.2) is 0 Å². The number of aliphatic hydroxyl groups excluding tert-OH is 1. The van der Waals surface area contributed by atoms with Crippen LogP contribution in [0.1, 0.15) is 37.2 Å². The van der Waals surface area contributed by atoms with E-state index < -0.39 is 6.10 Å². The number of nitrogens with one attached hydrogen (secondary N) is 2. The van der Waals surface area contributed by atoms with Crippen LogP contribution >= 0.6 is 11.3 Å². The van der Waals surface area contributed by atoms with Gasteiger partial charge < -0.3 is 15.7 Å². The van der Waals surface area contributed by atoms with E-state index in [4.69, 9.17) is 0 Å². The lowest BCUT2D eigenvalue weighted by Crippen LogP contribution is -2.28. The smallest absolute Gasteiger partial charge is 0.220 e. The van der Waals surface area contributed by atoms with Crippen molar-refractivity contribution in [1.82, 2.24) is 10.6 Å². The third-order valence-electron chi connectivity index (χ3n) is 3.45. The van der Waals surface area contributed by atoms with Gasteiger partial charge in [-0.25, -0.2) is 0 Å². The second-order valence-electron chi connectivity index (χ2n) is 5.31. The maximum absolute atomic E-state index is 11.7. The Morgan fingerprint density at radius 2 is 1.87 bits per heavy atom. The summed E-state index contributed by atoms with van der Waals surface area (Å²) in [5.41, 5.74) is 0. The Balaban J connectivity index is 1.74. The molecule has 1 aromatic heterocycles.